The lowest BCUT2D eigenvalue weighted by molar-refractivity contribution is -0.140. The van der Waals surface area contributed by atoms with Crippen LogP contribution in [0.25, 0.3) is 0 Å². The van der Waals surface area contributed by atoms with Crippen LogP contribution in [0.4, 0.5) is 0 Å². The van der Waals surface area contributed by atoms with Crippen LogP contribution in [-0.2, 0) is 20.8 Å². The molecule has 0 saturated carbocycles. The number of carbonyl (C=O) groups excluding carboxylic acids is 1. The van der Waals surface area contributed by atoms with E-state index in [9.17, 15) is 10.1 Å². The molecule has 0 aromatic carbocycles. The van der Waals surface area contributed by atoms with E-state index >= 15 is 0 Å². The van der Waals surface area contributed by atoms with Gasteiger partial charge in [0, 0.05) is 18.4 Å². The van der Waals surface area contributed by atoms with Crippen LogP contribution in [0.15, 0.2) is 21.9 Å². The number of hydrogen-bond donors (Lipinski definition) is 1. The minimum Gasteiger partial charge on any atom is -0.459 e. The Labute approximate surface area is 149 Å². The lowest BCUT2D eigenvalue weighted by Crippen LogP contribution is -2.23. The lowest BCUT2D eigenvalue weighted by Gasteiger charge is -2.15. The lowest BCUT2D eigenvalue weighted by atomic mass is 10.0. The minimum atomic E-state index is -0.654. The van der Waals surface area contributed by atoms with Crippen LogP contribution in [0.2, 0.25) is 0 Å². The van der Waals surface area contributed by atoms with Gasteiger partial charge in [0.05, 0.1) is 18.8 Å². The Morgan fingerprint density at radius 2 is 2.08 bits per heavy atom. The Morgan fingerprint density at radius 1 is 1.36 bits per heavy atom. The smallest absolute Gasteiger partial charge is 0.350 e. The van der Waals surface area contributed by atoms with E-state index in [2.05, 4.69) is 10.5 Å². The Balaban J connectivity index is 2.80. The van der Waals surface area contributed by atoms with Gasteiger partial charge in [-0.25, -0.2) is 4.79 Å². The minimum absolute atomic E-state index is 0.0323. The number of aromatic nitrogens is 1. The number of allylic oxidation sites excluding steroid dienone is 1. The number of carbonyl (C=O) groups is 1. The maximum absolute atomic E-state index is 12.2. The van der Waals surface area contributed by atoms with Crippen molar-refractivity contribution in [3.05, 3.63) is 28.8 Å². The highest BCUT2D eigenvalue weighted by Gasteiger charge is 2.20. The molecule has 0 fully saturated rings. The molecule has 7 nitrogen and oxygen atoms in total. The molecule has 138 valence electrons. The van der Waals surface area contributed by atoms with Gasteiger partial charge in [-0.1, -0.05) is 32.9 Å². The van der Waals surface area contributed by atoms with Crippen molar-refractivity contribution in [2.24, 2.45) is 5.92 Å². The number of esters is 1. The number of nitrogens with zero attached hydrogens (tertiary/aromatic N) is 2. The molecule has 0 aliphatic heterocycles. The van der Waals surface area contributed by atoms with E-state index in [-0.39, 0.29) is 24.0 Å². The molecule has 0 spiro atoms. The summed E-state index contributed by atoms with van der Waals surface area (Å²) in [6.07, 6.45) is 0. The van der Waals surface area contributed by atoms with Gasteiger partial charge in [0.1, 0.15) is 12.7 Å². The Hall–Kier alpha value is -2.33. The molecule has 1 heterocycles. The van der Waals surface area contributed by atoms with Gasteiger partial charge in [0.25, 0.3) is 0 Å². The van der Waals surface area contributed by atoms with E-state index in [0.717, 1.165) is 5.69 Å². The first-order valence-electron chi connectivity index (χ1n) is 8.49. The monoisotopic (exact) mass is 349 g/mol. The largest absolute Gasteiger partial charge is 0.459 e. The third kappa shape index (κ3) is 6.59. The van der Waals surface area contributed by atoms with E-state index in [1.807, 2.05) is 46.8 Å². The van der Waals surface area contributed by atoms with E-state index in [0.29, 0.717) is 31.2 Å². The standard InChI is InChI=1S/C18H27N3O4/c1-6-23-7-8-24-18(22)15(10-19)17(13(4)5)20-11-14-9-16(12(2)3)21-25-14/h9,12-13,20H,6-8,11H2,1-5H3/b17-15-. The van der Waals surface area contributed by atoms with Crippen molar-refractivity contribution in [3.63, 3.8) is 0 Å². The molecule has 0 amide bonds. The molecule has 0 aliphatic rings. The number of hydrogen-bond acceptors (Lipinski definition) is 7. The van der Waals surface area contributed by atoms with Crippen molar-refractivity contribution < 1.29 is 18.8 Å². The summed E-state index contributed by atoms with van der Waals surface area (Å²) in [4.78, 5) is 12.2. The van der Waals surface area contributed by atoms with Crippen molar-refractivity contribution in [2.45, 2.75) is 47.1 Å². The molecule has 0 atom stereocenters. The van der Waals surface area contributed by atoms with Crippen LogP contribution in [-0.4, -0.2) is 30.9 Å². The summed E-state index contributed by atoms with van der Waals surface area (Å²) in [5, 5.41) is 16.5. The Bertz CT molecular complexity index is 627. The predicted molar refractivity (Wildman–Crippen MR) is 92.4 cm³/mol. The van der Waals surface area contributed by atoms with Crippen molar-refractivity contribution in [1.82, 2.24) is 10.5 Å². The van der Waals surface area contributed by atoms with Gasteiger partial charge in [0.2, 0.25) is 0 Å². The summed E-state index contributed by atoms with van der Waals surface area (Å²) in [5.41, 5.74) is 1.35. The molecule has 0 radical (unpaired) electrons. The molecule has 0 saturated heterocycles. The van der Waals surface area contributed by atoms with Gasteiger partial charge >= 0.3 is 5.97 Å². The van der Waals surface area contributed by atoms with E-state index in [1.165, 1.54) is 0 Å². The highest BCUT2D eigenvalue weighted by molar-refractivity contribution is 5.93. The third-order valence-electron chi connectivity index (χ3n) is 3.45. The molecular weight excluding hydrogens is 322 g/mol. The zero-order chi connectivity index (χ0) is 18.8. The first-order valence-corrected chi connectivity index (χ1v) is 8.49. The number of rotatable bonds is 10. The zero-order valence-electron chi connectivity index (χ0n) is 15.6. The number of nitriles is 1. The average Bonchev–Trinajstić information content (AvgIpc) is 3.04. The van der Waals surface area contributed by atoms with Gasteiger partial charge < -0.3 is 19.3 Å². The normalized spacial score (nSPS) is 12.1. The first-order chi connectivity index (χ1) is 11.9. The molecule has 25 heavy (non-hydrogen) atoms. The molecule has 1 aromatic heterocycles. The second-order valence-electron chi connectivity index (χ2n) is 6.11. The number of ether oxygens (including phenoxy) is 2. The summed E-state index contributed by atoms with van der Waals surface area (Å²) in [7, 11) is 0. The molecule has 7 heteroatoms. The van der Waals surface area contributed by atoms with Crippen molar-refractivity contribution >= 4 is 5.97 Å². The van der Waals surface area contributed by atoms with E-state index in [4.69, 9.17) is 14.0 Å². The SMILES string of the molecule is CCOCCOC(=O)/C(C#N)=C(\NCc1cc(C(C)C)no1)C(C)C. The fraction of sp³-hybridized carbons (Fsp3) is 0.611. The fourth-order valence-corrected chi connectivity index (χ4v) is 2.07. The van der Waals surface area contributed by atoms with Crippen LogP contribution < -0.4 is 5.32 Å². The van der Waals surface area contributed by atoms with Gasteiger partial charge in [0.15, 0.2) is 11.3 Å². The van der Waals surface area contributed by atoms with Gasteiger partial charge in [-0.05, 0) is 18.8 Å². The fourth-order valence-electron chi connectivity index (χ4n) is 2.07. The Kier molecular flexibility index (Phi) is 8.71. The van der Waals surface area contributed by atoms with Gasteiger partial charge in [-0.3, -0.25) is 0 Å². The maximum Gasteiger partial charge on any atom is 0.350 e. The van der Waals surface area contributed by atoms with Gasteiger partial charge in [-0.15, -0.1) is 0 Å². The second-order valence-corrected chi connectivity index (χ2v) is 6.11. The molecule has 1 N–H and O–H groups in total. The van der Waals surface area contributed by atoms with Crippen molar-refractivity contribution in [1.29, 1.82) is 5.26 Å². The third-order valence-corrected chi connectivity index (χ3v) is 3.45. The molecule has 0 aliphatic carbocycles. The summed E-state index contributed by atoms with van der Waals surface area (Å²) in [5.74, 6) is 0.205. The van der Waals surface area contributed by atoms with Crippen LogP contribution in [0.1, 0.15) is 52.0 Å². The predicted octanol–water partition coefficient (Wildman–Crippen LogP) is 2.90. The molecular formula is C18H27N3O4. The molecule has 0 bridgehead atoms. The first kappa shape index (κ1) is 20.7. The highest BCUT2D eigenvalue weighted by atomic mass is 16.6. The van der Waals surface area contributed by atoms with Crippen LogP contribution >= 0.6 is 0 Å². The quantitative estimate of drug-likeness (QED) is 0.300. The summed E-state index contributed by atoms with van der Waals surface area (Å²) in [6, 6.07) is 3.80. The van der Waals surface area contributed by atoms with Crippen LogP contribution in [0.5, 0.6) is 0 Å². The van der Waals surface area contributed by atoms with E-state index in [1.54, 1.807) is 0 Å². The van der Waals surface area contributed by atoms with Crippen LogP contribution in [0, 0.1) is 17.2 Å². The highest BCUT2D eigenvalue weighted by Crippen LogP contribution is 2.17. The summed E-state index contributed by atoms with van der Waals surface area (Å²) in [6.45, 7) is 11.0. The molecule has 1 rings (SSSR count). The van der Waals surface area contributed by atoms with Crippen LogP contribution in [0.3, 0.4) is 0 Å². The average molecular weight is 349 g/mol. The van der Waals surface area contributed by atoms with E-state index < -0.39 is 5.97 Å². The molecule has 1 aromatic rings. The maximum atomic E-state index is 12.2. The molecule has 0 unspecified atom stereocenters. The van der Waals surface area contributed by atoms with Crippen molar-refractivity contribution in [3.8, 4) is 6.07 Å². The second kappa shape index (κ2) is 10.5. The Morgan fingerprint density at radius 3 is 2.60 bits per heavy atom. The zero-order valence-corrected chi connectivity index (χ0v) is 15.6. The summed E-state index contributed by atoms with van der Waals surface area (Å²) < 4.78 is 15.5. The number of nitrogens with one attached hydrogen (secondary N) is 1. The van der Waals surface area contributed by atoms with Gasteiger partial charge in [-0.2, -0.15) is 5.26 Å². The van der Waals surface area contributed by atoms with Crippen molar-refractivity contribution in [2.75, 3.05) is 19.8 Å². The topological polar surface area (TPSA) is 97.4 Å². The summed E-state index contributed by atoms with van der Waals surface area (Å²) >= 11 is 0.